The molecule has 2 fully saturated rings. The lowest BCUT2D eigenvalue weighted by molar-refractivity contribution is -0.119. The molecule has 0 aromatic carbocycles. The number of aromatic nitrogens is 5. The summed E-state index contributed by atoms with van der Waals surface area (Å²) < 4.78 is 3.80. The van der Waals surface area contributed by atoms with Gasteiger partial charge in [-0.15, -0.1) is 10.2 Å². The van der Waals surface area contributed by atoms with Gasteiger partial charge in [0, 0.05) is 32.8 Å². The first-order chi connectivity index (χ1) is 11.6. The van der Waals surface area contributed by atoms with Gasteiger partial charge < -0.3 is 9.47 Å². The van der Waals surface area contributed by atoms with Crippen molar-refractivity contribution >= 4 is 23.4 Å². The van der Waals surface area contributed by atoms with Crippen LogP contribution in [0.3, 0.4) is 0 Å². The molecule has 4 rings (SSSR count). The Morgan fingerprint density at radius 2 is 2.00 bits per heavy atom. The zero-order chi connectivity index (χ0) is 16.7. The van der Waals surface area contributed by atoms with Gasteiger partial charge in [0.1, 0.15) is 5.82 Å². The number of rotatable bonds is 4. The molecule has 0 bridgehead atoms. The van der Waals surface area contributed by atoms with Crippen molar-refractivity contribution in [2.45, 2.75) is 48.4 Å². The molecular weight excluding hydrogens is 324 g/mol. The standard InChI is InChI=1S/C16H22N6OS/c1-20-10-12(9-17-20)22-8-4-7-13(15(22)23)24-16-19-18-14(21(16)2)11-5-3-6-11/h9-11,13H,3-8H2,1-2H3. The van der Waals surface area contributed by atoms with Gasteiger partial charge in [-0.3, -0.25) is 9.48 Å². The Bertz CT molecular complexity index is 750. The molecule has 8 heteroatoms. The first-order valence-corrected chi connectivity index (χ1v) is 9.37. The second-order valence-corrected chi connectivity index (χ2v) is 7.81. The van der Waals surface area contributed by atoms with E-state index in [1.165, 1.54) is 19.3 Å². The van der Waals surface area contributed by atoms with Gasteiger partial charge in [0.2, 0.25) is 5.91 Å². The molecule has 1 saturated carbocycles. The van der Waals surface area contributed by atoms with Gasteiger partial charge >= 0.3 is 0 Å². The average molecular weight is 346 g/mol. The smallest absolute Gasteiger partial charge is 0.240 e. The monoisotopic (exact) mass is 346 g/mol. The minimum Gasteiger partial charge on any atom is -0.309 e. The van der Waals surface area contributed by atoms with E-state index in [4.69, 9.17) is 0 Å². The summed E-state index contributed by atoms with van der Waals surface area (Å²) in [6.07, 6.45) is 9.20. The SMILES string of the molecule is Cn1cc(N2CCCC(Sc3nnc(C4CCC4)n3C)C2=O)cn1. The molecule has 0 spiro atoms. The fourth-order valence-electron chi connectivity index (χ4n) is 3.33. The second kappa shape index (κ2) is 6.23. The molecule has 1 atom stereocenters. The second-order valence-electron chi connectivity index (χ2n) is 6.64. The molecule has 128 valence electrons. The van der Waals surface area contributed by atoms with Gasteiger partial charge in [0.25, 0.3) is 0 Å². The molecule has 0 N–H and O–H groups in total. The van der Waals surface area contributed by atoms with E-state index < -0.39 is 0 Å². The predicted octanol–water partition coefficient (Wildman–Crippen LogP) is 2.10. The van der Waals surface area contributed by atoms with Gasteiger partial charge in [-0.2, -0.15) is 5.10 Å². The Morgan fingerprint density at radius 3 is 2.67 bits per heavy atom. The minimum atomic E-state index is -0.101. The first-order valence-electron chi connectivity index (χ1n) is 8.49. The fourth-order valence-corrected chi connectivity index (χ4v) is 4.44. The van der Waals surface area contributed by atoms with Crippen molar-refractivity contribution in [2.75, 3.05) is 11.4 Å². The molecule has 7 nitrogen and oxygen atoms in total. The highest BCUT2D eigenvalue weighted by Crippen LogP contribution is 2.37. The lowest BCUT2D eigenvalue weighted by Crippen LogP contribution is -2.43. The van der Waals surface area contributed by atoms with Crippen molar-refractivity contribution in [1.29, 1.82) is 0 Å². The van der Waals surface area contributed by atoms with E-state index in [0.717, 1.165) is 36.1 Å². The lowest BCUT2D eigenvalue weighted by atomic mass is 9.85. The zero-order valence-electron chi connectivity index (χ0n) is 14.1. The Labute approximate surface area is 145 Å². The highest BCUT2D eigenvalue weighted by Gasteiger charge is 2.33. The summed E-state index contributed by atoms with van der Waals surface area (Å²) in [4.78, 5) is 14.7. The van der Waals surface area contributed by atoms with Crippen molar-refractivity contribution in [3.05, 3.63) is 18.2 Å². The number of hydrogen-bond acceptors (Lipinski definition) is 5. The van der Waals surface area contributed by atoms with Crippen LogP contribution in [0.4, 0.5) is 5.69 Å². The van der Waals surface area contributed by atoms with Crippen LogP contribution in [0, 0.1) is 0 Å². The van der Waals surface area contributed by atoms with Crippen LogP contribution in [-0.2, 0) is 18.9 Å². The summed E-state index contributed by atoms with van der Waals surface area (Å²) in [5.41, 5.74) is 0.876. The molecule has 1 unspecified atom stereocenters. The Kier molecular flexibility index (Phi) is 4.07. The summed E-state index contributed by atoms with van der Waals surface area (Å²) >= 11 is 1.55. The van der Waals surface area contributed by atoms with Gasteiger partial charge in [-0.05, 0) is 25.7 Å². The third-order valence-corrected chi connectivity index (χ3v) is 6.27. The molecule has 1 amide bonds. The van der Waals surface area contributed by atoms with Crippen molar-refractivity contribution in [2.24, 2.45) is 14.1 Å². The Balaban J connectivity index is 1.50. The number of carbonyl (C=O) groups excluding carboxylic acids is 1. The third-order valence-electron chi connectivity index (χ3n) is 4.98. The van der Waals surface area contributed by atoms with Crippen molar-refractivity contribution in [1.82, 2.24) is 24.5 Å². The van der Waals surface area contributed by atoms with E-state index in [1.54, 1.807) is 22.6 Å². The normalized spacial score (nSPS) is 22.0. The summed E-state index contributed by atoms with van der Waals surface area (Å²) in [5, 5.41) is 13.6. The van der Waals surface area contributed by atoms with Gasteiger partial charge in [0.15, 0.2) is 5.16 Å². The van der Waals surface area contributed by atoms with Crippen LogP contribution < -0.4 is 4.90 Å². The number of hydrogen-bond donors (Lipinski definition) is 0. The third kappa shape index (κ3) is 2.72. The predicted molar refractivity (Wildman–Crippen MR) is 92.0 cm³/mol. The van der Waals surface area contributed by atoms with E-state index in [-0.39, 0.29) is 11.2 Å². The van der Waals surface area contributed by atoms with E-state index in [1.807, 2.05) is 25.2 Å². The molecule has 24 heavy (non-hydrogen) atoms. The maximum Gasteiger partial charge on any atom is 0.240 e. The minimum absolute atomic E-state index is 0.101. The van der Waals surface area contributed by atoms with Crippen molar-refractivity contribution < 1.29 is 4.79 Å². The molecule has 0 radical (unpaired) electrons. The van der Waals surface area contributed by atoms with E-state index >= 15 is 0 Å². The maximum atomic E-state index is 12.9. The molecular formula is C16H22N6OS. The molecule has 1 aliphatic carbocycles. The van der Waals surface area contributed by atoms with Gasteiger partial charge in [0.05, 0.1) is 17.1 Å². The number of anilines is 1. The summed E-state index contributed by atoms with van der Waals surface area (Å²) in [5.74, 6) is 1.76. The maximum absolute atomic E-state index is 12.9. The Hall–Kier alpha value is -1.83. The van der Waals surface area contributed by atoms with E-state index in [0.29, 0.717) is 5.92 Å². The number of piperidine rings is 1. The average Bonchev–Trinajstić information content (AvgIpc) is 3.08. The lowest BCUT2D eigenvalue weighted by Gasteiger charge is -2.30. The highest BCUT2D eigenvalue weighted by atomic mass is 32.2. The topological polar surface area (TPSA) is 68.8 Å². The molecule has 1 saturated heterocycles. The van der Waals surface area contributed by atoms with Crippen LogP contribution >= 0.6 is 11.8 Å². The largest absolute Gasteiger partial charge is 0.309 e. The molecule has 2 aromatic rings. The summed E-state index contributed by atoms with van der Waals surface area (Å²) in [7, 11) is 3.88. The van der Waals surface area contributed by atoms with E-state index in [9.17, 15) is 4.79 Å². The molecule has 3 heterocycles. The number of aryl methyl sites for hydroxylation is 1. The van der Waals surface area contributed by atoms with Gasteiger partial charge in [-0.1, -0.05) is 18.2 Å². The first kappa shape index (κ1) is 15.7. The zero-order valence-corrected chi connectivity index (χ0v) is 14.9. The van der Waals surface area contributed by atoms with Crippen LogP contribution in [-0.4, -0.2) is 42.2 Å². The quantitative estimate of drug-likeness (QED) is 0.848. The summed E-state index contributed by atoms with van der Waals surface area (Å²) in [6.45, 7) is 0.758. The van der Waals surface area contributed by atoms with Crippen LogP contribution in [0.5, 0.6) is 0 Å². The molecule has 1 aliphatic heterocycles. The van der Waals surface area contributed by atoms with Crippen LogP contribution in [0.1, 0.15) is 43.8 Å². The fraction of sp³-hybridized carbons (Fsp3) is 0.625. The van der Waals surface area contributed by atoms with Crippen molar-refractivity contribution in [3.63, 3.8) is 0 Å². The number of nitrogens with zero attached hydrogens (tertiary/aromatic N) is 6. The van der Waals surface area contributed by atoms with Crippen LogP contribution in [0.25, 0.3) is 0 Å². The Morgan fingerprint density at radius 1 is 1.17 bits per heavy atom. The number of carbonyl (C=O) groups is 1. The van der Waals surface area contributed by atoms with Crippen LogP contribution in [0.2, 0.25) is 0 Å². The number of amides is 1. The molecule has 2 aromatic heterocycles. The summed E-state index contributed by atoms with van der Waals surface area (Å²) in [6, 6.07) is 0. The van der Waals surface area contributed by atoms with E-state index in [2.05, 4.69) is 19.9 Å². The van der Waals surface area contributed by atoms with Gasteiger partial charge in [-0.25, -0.2) is 0 Å². The van der Waals surface area contributed by atoms with Crippen molar-refractivity contribution in [3.8, 4) is 0 Å². The highest BCUT2D eigenvalue weighted by molar-refractivity contribution is 8.00. The number of thioether (sulfide) groups is 1. The molecule has 2 aliphatic rings. The van der Waals surface area contributed by atoms with Crippen LogP contribution in [0.15, 0.2) is 17.6 Å².